The summed E-state index contributed by atoms with van der Waals surface area (Å²) in [4.78, 5) is 0. The summed E-state index contributed by atoms with van der Waals surface area (Å²) >= 11 is 0. The minimum atomic E-state index is 0.657. The van der Waals surface area contributed by atoms with Gasteiger partial charge in [0.05, 0.1) is 6.61 Å². The highest BCUT2D eigenvalue weighted by molar-refractivity contribution is 5.39. The maximum atomic E-state index is 5.59. The fourth-order valence-electron chi connectivity index (χ4n) is 3.04. The average Bonchev–Trinajstić information content (AvgIpc) is 2.97. The summed E-state index contributed by atoms with van der Waals surface area (Å²) in [5.74, 6) is 1.91. The molecule has 1 N–H and O–H groups in total. The highest BCUT2D eigenvalue weighted by Gasteiger charge is 2.14. The second-order valence-electron chi connectivity index (χ2n) is 6.48. The van der Waals surface area contributed by atoms with Crippen LogP contribution in [0.25, 0.3) is 0 Å². The van der Waals surface area contributed by atoms with Crippen molar-refractivity contribution in [2.75, 3.05) is 13.2 Å². The predicted molar refractivity (Wildman–Crippen MR) is 90.1 cm³/mol. The van der Waals surface area contributed by atoms with Crippen LogP contribution in [0.3, 0.4) is 0 Å². The fraction of sp³-hybridized carbons (Fsp3) is 0.684. The Bertz CT molecular complexity index is 430. The topological polar surface area (TPSA) is 21.3 Å². The summed E-state index contributed by atoms with van der Waals surface area (Å²) in [7, 11) is 0. The van der Waals surface area contributed by atoms with Gasteiger partial charge in [-0.2, -0.15) is 0 Å². The largest absolute Gasteiger partial charge is 0.493 e. The number of fused-ring (bicyclic) bond motifs is 1. The maximum Gasteiger partial charge on any atom is 0.122 e. The Morgan fingerprint density at radius 1 is 1.29 bits per heavy atom. The van der Waals surface area contributed by atoms with Gasteiger partial charge in [0.15, 0.2) is 0 Å². The first-order valence-electron chi connectivity index (χ1n) is 8.70. The SMILES string of the molecule is CCCNC(CCc1ccc2c(c1)CCO2)CC(C)CC. The van der Waals surface area contributed by atoms with Crippen molar-refractivity contribution in [2.45, 2.75) is 65.3 Å². The van der Waals surface area contributed by atoms with E-state index in [0.717, 1.165) is 31.2 Å². The Labute approximate surface area is 130 Å². The molecule has 1 heterocycles. The highest BCUT2D eigenvalue weighted by Crippen LogP contribution is 2.26. The summed E-state index contributed by atoms with van der Waals surface area (Å²) in [6.45, 7) is 8.90. The van der Waals surface area contributed by atoms with Crippen molar-refractivity contribution in [3.8, 4) is 5.75 Å². The highest BCUT2D eigenvalue weighted by atomic mass is 16.5. The minimum Gasteiger partial charge on any atom is -0.493 e. The lowest BCUT2D eigenvalue weighted by Gasteiger charge is -2.22. The Morgan fingerprint density at radius 2 is 2.14 bits per heavy atom. The standard InChI is InChI=1S/C19H31NO/c1-4-11-20-18(13-15(3)5-2)8-6-16-7-9-19-17(14-16)10-12-21-19/h7,9,14-15,18,20H,4-6,8,10-13H2,1-3H3. The van der Waals surface area contributed by atoms with Gasteiger partial charge < -0.3 is 10.1 Å². The van der Waals surface area contributed by atoms with Crippen LogP contribution in [0.15, 0.2) is 18.2 Å². The lowest BCUT2D eigenvalue weighted by molar-refractivity contribution is 0.356. The second-order valence-corrected chi connectivity index (χ2v) is 6.48. The molecule has 2 heteroatoms. The molecule has 21 heavy (non-hydrogen) atoms. The van der Waals surface area contributed by atoms with Gasteiger partial charge in [0.1, 0.15) is 5.75 Å². The Kier molecular flexibility index (Phi) is 6.56. The van der Waals surface area contributed by atoms with Gasteiger partial charge in [0, 0.05) is 12.5 Å². The summed E-state index contributed by atoms with van der Waals surface area (Å²) in [6.07, 6.45) is 7.28. The Balaban J connectivity index is 1.87. The lowest BCUT2D eigenvalue weighted by Crippen LogP contribution is -2.31. The van der Waals surface area contributed by atoms with Crippen LogP contribution in [0.4, 0.5) is 0 Å². The van der Waals surface area contributed by atoms with E-state index in [1.807, 2.05) is 0 Å². The number of nitrogens with one attached hydrogen (secondary N) is 1. The van der Waals surface area contributed by atoms with E-state index in [9.17, 15) is 0 Å². The van der Waals surface area contributed by atoms with Crippen LogP contribution >= 0.6 is 0 Å². The molecule has 1 aromatic carbocycles. The number of hydrogen-bond acceptors (Lipinski definition) is 2. The molecule has 2 rings (SSSR count). The molecule has 2 atom stereocenters. The zero-order valence-electron chi connectivity index (χ0n) is 14.0. The summed E-state index contributed by atoms with van der Waals surface area (Å²) in [6, 6.07) is 7.40. The predicted octanol–water partition coefficient (Wildman–Crippen LogP) is 4.36. The first-order valence-corrected chi connectivity index (χ1v) is 8.70. The van der Waals surface area contributed by atoms with Crippen LogP contribution in [-0.4, -0.2) is 19.2 Å². The molecular formula is C19H31NO. The van der Waals surface area contributed by atoms with Crippen molar-refractivity contribution in [3.05, 3.63) is 29.3 Å². The molecule has 1 aliphatic heterocycles. The first-order chi connectivity index (χ1) is 10.2. The molecule has 0 amide bonds. The Morgan fingerprint density at radius 3 is 2.90 bits per heavy atom. The fourth-order valence-corrected chi connectivity index (χ4v) is 3.04. The number of hydrogen-bond donors (Lipinski definition) is 1. The molecule has 2 unspecified atom stereocenters. The minimum absolute atomic E-state index is 0.657. The van der Waals surface area contributed by atoms with Crippen LogP contribution in [0.5, 0.6) is 5.75 Å². The van der Waals surface area contributed by atoms with Gasteiger partial charge in [-0.15, -0.1) is 0 Å². The number of benzene rings is 1. The number of ether oxygens (including phenoxy) is 1. The monoisotopic (exact) mass is 289 g/mol. The molecule has 2 nitrogen and oxygen atoms in total. The number of rotatable bonds is 9. The van der Waals surface area contributed by atoms with E-state index in [0.29, 0.717) is 6.04 Å². The van der Waals surface area contributed by atoms with Crippen molar-refractivity contribution in [1.29, 1.82) is 0 Å². The van der Waals surface area contributed by atoms with Crippen LogP contribution in [0.2, 0.25) is 0 Å². The third-order valence-corrected chi connectivity index (χ3v) is 4.60. The van der Waals surface area contributed by atoms with Crippen molar-refractivity contribution in [2.24, 2.45) is 5.92 Å². The quantitative estimate of drug-likeness (QED) is 0.729. The van der Waals surface area contributed by atoms with Gasteiger partial charge >= 0.3 is 0 Å². The molecule has 0 saturated heterocycles. The van der Waals surface area contributed by atoms with Gasteiger partial charge in [-0.1, -0.05) is 39.3 Å². The van der Waals surface area contributed by atoms with E-state index in [4.69, 9.17) is 4.74 Å². The molecule has 0 bridgehead atoms. The number of aryl methyl sites for hydroxylation is 1. The van der Waals surface area contributed by atoms with E-state index in [1.165, 1.54) is 43.2 Å². The van der Waals surface area contributed by atoms with E-state index in [1.54, 1.807) is 0 Å². The van der Waals surface area contributed by atoms with E-state index >= 15 is 0 Å². The maximum absolute atomic E-state index is 5.59. The van der Waals surface area contributed by atoms with Gasteiger partial charge in [0.25, 0.3) is 0 Å². The average molecular weight is 289 g/mol. The van der Waals surface area contributed by atoms with Gasteiger partial charge in [0.2, 0.25) is 0 Å². The molecule has 1 aliphatic rings. The van der Waals surface area contributed by atoms with E-state index in [-0.39, 0.29) is 0 Å². The zero-order valence-corrected chi connectivity index (χ0v) is 14.0. The summed E-state index contributed by atoms with van der Waals surface area (Å²) in [5.41, 5.74) is 2.86. The molecule has 1 aromatic rings. The van der Waals surface area contributed by atoms with Crippen molar-refractivity contribution < 1.29 is 4.74 Å². The van der Waals surface area contributed by atoms with Crippen LogP contribution in [0, 0.1) is 5.92 Å². The van der Waals surface area contributed by atoms with Gasteiger partial charge in [-0.05, 0) is 55.3 Å². The first kappa shape index (κ1) is 16.4. The van der Waals surface area contributed by atoms with Crippen molar-refractivity contribution >= 4 is 0 Å². The molecule has 0 aliphatic carbocycles. The third kappa shape index (κ3) is 5.03. The normalized spacial score (nSPS) is 16.3. The summed E-state index contributed by atoms with van der Waals surface area (Å²) in [5, 5.41) is 3.73. The molecule has 0 spiro atoms. The molecule has 118 valence electrons. The van der Waals surface area contributed by atoms with Gasteiger partial charge in [-0.3, -0.25) is 0 Å². The second kappa shape index (κ2) is 8.43. The van der Waals surface area contributed by atoms with Crippen molar-refractivity contribution in [3.63, 3.8) is 0 Å². The van der Waals surface area contributed by atoms with Gasteiger partial charge in [-0.25, -0.2) is 0 Å². The van der Waals surface area contributed by atoms with Crippen LogP contribution in [-0.2, 0) is 12.8 Å². The molecule has 0 aromatic heterocycles. The zero-order chi connectivity index (χ0) is 15.1. The lowest BCUT2D eigenvalue weighted by atomic mass is 9.94. The molecular weight excluding hydrogens is 258 g/mol. The van der Waals surface area contributed by atoms with Crippen LogP contribution < -0.4 is 10.1 Å². The Hall–Kier alpha value is -1.02. The molecule has 0 saturated carbocycles. The van der Waals surface area contributed by atoms with Crippen LogP contribution in [0.1, 0.15) is 57.6 Å². The van der Waals surface area contributed by atoms with Crippen molar-refractivity contribution in [1.82, 2.24) is 5.32 Å². The molecule has 0 fully saturated rings. The molecule has 0 radical (unpaired) electrons. The third-order valence-electron chi connectivity index (χ3n) is 4.60. The van der Waals surface area contributed by atoms with E-state index in [2.05, 4.69) is 44.3 Å². The van der Waals surface area contributed by atoms with E-state index < -0.39 is 0 Å². The smallest absolute Gasteiger partial charge is 0.122 e. The summed E-state index contributed by atoms with van der Waals surface area (Å²) < 4.78 is 5.59.